The van der Waals surface area contributed by atoms with Gasteiger partial charge in [0.1, 0.15) is 6.54 Å². The molecule has 4 nitrogen and oxygen atoms in total. The normalized spacial score (nSPS) is 26.5. The maximum absolute atomic E-state index is 13.3. The van der Waals surface area contributed by atoms with E-state index in [2.05, 4.69) is 50.4 Å². The lowest BCUT2D eigenvalue weighted by Gasteiger charge is -2.40. The zero-order valence-electron chi connectivity index (χ0n) is 21.4. The molecule has 4 unspecified atom stereocenters. The van der Waals surface area contributed by atoms with Gasteiger partial charge in [-0.05, 0) is 78.2 Å². The summed E-state index contributed by atoms with van der Waals surface area (Å²) < 4.78 is 1.74. The van der Waals surface area contributed by atoms with Gasteiger partial charge in [-0.3, -0.25) is 14.2 Å². The minimum absolute atomic E-state index is 0.0180. The fraction of sp³-hybridized carbons (Fsp3) is 0.467. The molecule has 5 atom stereocenters. The number of hydrogen-bond acceptors (Lipinski definition) is 4. The summed E-state index contributed by atoms with van der Waals surface area (Å²) in [6.07, 6.45) is 3.92. The van der Waals surface area contributed by atoms with Crippen molar-refractivity contribution in [2.24, 2.45) is 17.8 Å². The molecule has 2 aromatic carbocycles. The van der Waals surface area contributed by atoms with E-state index in [0.717, 1.165) is 28.1 Å². The number of aryl methyl sites for hydroxylation is 1. The molecule has 2 heterocycles. The monoisotopic (exact) mass is 518 g/mol. The number of nitrogens with zero attached hydrogens (tertiary/aromatic N) is 1. The van der Waals surface area contributed by atoms with Crippen molar-refractivity contribution in [3.63, 3.8) is 0 Å². The molecular formula is C30H34N2O2S2. The van der Waals surface area contributed by atoms with Crippen LogP contribution in [0.15, 0.2) is 58.4 Å². The topological polar surface area (TPSA) is 51.1 Å². The van der Waals surface area contributed by atoms with Crippen LogP contribution >= 0.6 is 23.1 Å². The molecule has 0 saturated heterocycles. The first-order valence-corrected chi connectivity index (χ1v) is 14.8. The van der Waals surface area contributed by atoms with Gasteiger partial charge in [-0.25, -0.2) is 0 Å². The van der Waals surface area contributed by atoms with Gasteiger partial charge in [0, 0.05) is 21.7 Å². The van der Waals surface area contributed by atoms with E-state index in [1.807, 2.05) is 43.0 Å². The van der Waals surface area contributed by atoms with Crippen LogP contribution in [-0.4, -0.2) is 15.7 Å². The summed E-state index contributed by atoms with van der Waals surface area (Å²) in [5, 5.41) is 4.55. The Balaban J connectivity index is 1.36. The van der Waals surface area contributed by atoms with Gasteiger partial charge in [0.15, 0.2) is 0 Å². The van der Waals surface area contributed by atoms with Gasteiger partial charge >= 0.3 is 4.87 Å². The summed E-state index contributed by atoms with van der Waals surface area (Å²) in [6.45, 7) is 8.81. The van der Waals surface area contributed by atoms with E-state index in [-0.39, 0.29) is 28.7 Å². The SMILES string of the molecule is Cc1cccc(NC(=O)Cn2c3c(sc2=O)[C@H](c2ccc(C(C)(C)C)cc2)C2C4CCC(C4)C2S3)c1. The van der Waals surface area contributed by atoms with Crippen molar-refractivity contribution in [3.8, 4) is 0 Å². The fourth-order valence-corrected chi connectivity index (χ4v) is 9.87. The number of carbonyl (C=O) groups is 1. The number of thiazole rings is 1. The van der Waals surface area contributed by atoms with Gasteiger partial charge in [-0.15, -0.1) is 11.8 Å². The second-order valence-corrected chi connectivity index (χ2v) is 14.0. The van der Waals surface area contributed by atoms with E-state index in [9.17, 15) is 9.59 Å². The van der Waals surface area contributed by atoms with Gasteiger partial charge in [0.25, 0.3) is 0 Å². The number of hydrogen-bond donors (Lipinski definition) is 1. The molecule has 3 aliphatic rings. The van der Waals surface area contributed by atoms with Gasteiger partial charge in [0.2, 0.25) is 5.91 Å². The molecule has 188 valence electrons. The second-order valence-electron chi connectivity index (χ2n) is 11.9. The zero-order valence-corrected chi connectivity index (χ0v) is 23.0. The second kappa shape index (κ2) is 8.91. The zero-order chi connectivity index (χ0) is 25.2. The Labute approximate surface area is 221 Å². The number of rotatable bonds is 4. The lowest BCUT2D eigenvalue weighted by Crippen LogP contribution is -2.35. The predicted molar refractivity (Wildman–Crippen MR) is 149 cm³/mol. The first-order valence-electron chi connectivity index (χ1n) is 13.1. The Morgan fingerprint density at radius 3 is 2.56 bits per heavy atom. The smallest absolute Gasteiger partial charge is 0.308 e. The Morgan fingerprint density at radius 2 is 1.83 bits per heavy atom. The van der Waals surface area contributed by atoms with E-state index in [1.54, 1.807) is 4.57 Å². The highest BCUT2D eigenvalue weighted by Gasteiger charge is 2.55. The number of fused-ring (bicyclic) bond motifs is 6. The minimum Gasteiger partial charge on any atom is -0.325 e. The Kier molecular flexibility index (Phi) is 5.95. The van der Waals surface area contributed by atoms with E-state index < -0.39 is 0 Å². The predicted octanol–water partition coefficient (Wildman–Crippen LogP) is 6.81. The number of carbonyl (C=O) groups excluding carboxylic acids is 1. The van der Waals surface area contributed by atoms with Crippen LogP contribution in [0.1, 0.15) is 67.5 Å². The third kappa shape index (κ3) is 4.16. The number of thioether (sulfide) groups is 1. The van der Waals surface area contributed by atoms with Crippen molar-refractivity contribution >= 4 is 34.7 Å². The molecule has 2 bridgehead atoms. The first kappa shape index (κ1) is 24.1. The lowest BCUT2D eigenvalue weighted by atomic mass is 9.74. The van der Waals surface area contributed by atoms with Crippen LogP contribution in [0.2, 0.25) is 0 Å². The summed E-state index contributed by atoms with van der Waals surface area (Å²) in [6, 6.07) is 16.9. The minimum atomic E-state index is -0.148. The highest BCUT2D eigenvalue weighted by atomic mass is 32.2. The summed E-state index contributed by atoms with van der Waals surface area (Å²) >= 11 is 3.25. The Bertz CT molecular complexity index is 1360. The molecule has 0 radical (unpaired) electrons. The molecule has 36 heavy (non-hydrogen) atoms. The third-order valence-corrected chi connectivity index (χ3v) is 11.3. The van der Waals surface area contributed by atoms with Crippen molar-refractivity contribution < 1.29 is 4.79 Å². The van der Waals surface area contributed by atoms with Crippen molar-refractivity contribution in [1.82, 2.24) is 4.57 Å². The van der Waals surface area contributed by atoms with Crippen LogP contribution in [0.3, 0.4) is 0 Å². The number of benzene rings is 2. The fourth-order valence-electron chi connectivity index (χ4n) is 6.72. The van der Waals surface area contributed by atoms with Crippen molar-refractivity contribution in [2.45, 2.75) is 75.1 Å². The average molecular weight is 519 g/mol. The van der Waals surface area contributed by atoms with Crippen LogP contribution in [0.4, 0.5) is 5.69 Å². The van der Waals surface area contributed by atoms with E-state index >= 15 is 0 Å². The van der Waals surface area contributed by atoms with Crippen LogP contribution < -0.4 is 10.2 Å². The molecule has 2 aliphatic carbocycles. The number of nitrogens with one attached hydrogen (secondary N) is 1. The standard InChI is InChI=1S/C30H34N2O2S2/c1-17-6-5-7-22(14-17)31-23(33)16-32-28-27(36-29(32)34)24(18-10-12-21(13-11-18)30(2,3)4)25-19-8-9-20(15-19)26(25)35-28/h5-7,10-14,19-20,24-26H,8-9,15-16H2,1-4H3,(H,31,33)/t19?,20?,24-,25?,26?/m1/s1. The number of anilines is 1. The van der Waals surface area contributed by atoms with Crippen LogP contribution in [-0.2, 0) is 16.8 Å². The van der Waals surface area contributed by atoms with Gasteiger partial charge in [0.05, 0.1) is 5.03 Å². The van der Waals surface area contributed by atoms with Gasteiger partial charge < -0.3 is 5.32 Å². The summed E-state index contributed by atoms with van der Waals surface area (Å²) in [5.74, 6) is 2.14. The van der Waals surface area contributed by atoms with Crippen molar-refractivity contribution in [3.05, 3.63) is 79.8 Å². The molecule has 2 fully saturated rings. The summed E-state index contributed by atoms with van der Waals surface area (Å²) in [5.41, 5.74) is 4.63. The molecule has 0 spiro atoms. The van der Waals surface area contributed by atoms with Gasteiger partial charge in [-0.2, -0.15) is 0 Å². The highest BCUT2D eigenvalue weighted by Crippen LogP contribution is 2.64. The first-order chi connectivity index (χ1) is 17.2. The molecule has 3 aromatic rings. The molecule has 1 amide bonds. The molecule has 2 saturated carbocycles. The molecule has 1 aromatic heterocycles. The van der Waals surface area contributed by atoms with Crippen LogP contribution in [0, 0.1) is 24.7 Å². The highest BCUT2D eigenvalue weighted by molar-refractivity contribution is 8.00. The molecule has 1 aliphatic heterocycles. The molecular weight excluding hydrogens is 484 g/mol. The van der Waals surface area contributed by atoms with Crippen LogP contribution in [0.5, 0.6) is 0 Å². The maximum atomic E-state index is 13.3. The molecule has 1 N–H and O–H groups in total. The lowest BCUT2D eigenvalue weighted by molar-refractivity contribution is -0.116. The van der Waals surface area contributed by atoms with E-state index in [1.165, 1.54) is 46.6 Å². The third-order valence-electron chi connectivity index (χ3n) is 8.43. The van der Waals surface area contributed by atoms with E-state index in [4.69, 9.17) is 0 Å². The van der Waals surface area contributed by atoms with Crippen LogP contribution in [0.25, 0.3) is 0 Å². The van der Waals surface area contributed by atoms with E-state index in [0.29, 0.717) is 11.2 Å². The molecule has 6 rings (SSSR count). The van der Waals surface area contributed by atoms with Crippen molar-refractivity contribution in [2.75, 3.05) is 5.32 Å². The largest absolute Gasteiger partial charge is 0.325 e. The maximum Gasteiger partial charge on any atom is 0.308 e. The Hall–Kier alpha value is -2.31. The quantitative estimate of drug-likeness (QED) is 0.413. The van der Waals surface area contributed by atoms with Gasteiger partial charge in [-0.1, -0.05) is 68.5 Å². The average Bonchev–Trinajstić information content (AvgIpc) is 3.52. The number of aromatic nitrogens is 1. The molecule has 6 heteroatoms. The Morgan fingerprint density at radius 1 is 1.08 bits per heavy atom. The number of amides is 1. The summed E-state index contributed by atoms with van der Waals surface area (Å²) in [4.78, 5) is 27.4. The summed E-state index contributed by atoms with van der Waals surface area (Å²) in [7, 11) is 0. The van der Waals surface area contributed by atoms with Crippen molar-refractivity contribution in [1.29, 1.82) is 0 Å².